The lowest BCUT2D eigenvalue weighted by molar-refractivity contribution is 0.0525. The number of benzene rings is 1. The van der Waals surface area contributed by atoms with Crippen molar-refractivity contribution < 1.29 is 9.53 Å². The molecule has 82 valence electrons. The Morgan fingerprint density at radius 3 is 2.67 bits per heavy atom. The normalized spacial score (nSPS) is 12.3. The summed E-state index contributed by atoms with van der Waals surface area (Å²) in [7, 11) is 0. The lowest BCUT2D eigenvalue weighted by Gasteiger charge is -2.10. The van der Waals surface area contributed by atoms with Gasteiger partial charge in [-0.05, 0) is 38.0 Å². The Hall–Kier alpha value is -1.35. The zero-order valence-electron chi connectivity index (χ0n) is 9.41. The minimum absolute atomic E-state index is 0.0139. The van der Waals surface area contributed by atoms with Crippen LogP contribution in [0.2, 0.25) is 0 Å². The highest BCUT2D eigenvalue weighted by Crippen LogP contribution is 2.16. The van der Waals surface area contributed by atoms with Crippen molar-refractivity contribution >= 4 is 5.97 Å². The molecule has 2 N–H and O–H groups in total. The Kier molecular flexibility index (Phi) is 3.86. The number of aryl methyl sites for hydroxylation is 1. The summed E-state index contributed by atoms with van der Waals surface area (Å²) in [6.07, 6.45) is 0. The molecule has 15 heavy (non-hydrogen) atoms. The molecular weight excluding hydrogens is 190 g/mol. The average Bonchev–Trinajstić information content (AvgIpc) is 2.17. The van der Waals surface area contributed by atoms with E-state index >= 15 is 0 Å². The van der Waals surface area contributed by atoms with E-state index in [9.17, 15) is 4.79 Å². The standard InChI is InChI=1S/C12H17NO2/c1-4-15-12(14)11-6-5-10(9(3)13)7-8(11)2/h5-7,9H,4,13H2,1-3H3/t9-/m1/s1. The molecule has 1 aromatic carbocycles. The fourth-order valence-corrected chi connectivity index (χ4v) is 1.41. The molecule has 0 aliphatic heterocycles. The Bertz CT molecular complexity index is 359. The first kappa shape index (κ1) is 11.7. The van der Waals surface area contributed by atoms with Crippen LogP contribution in [0.3, 0.4) is 0 Å². The molecule has 0 heterocycles. The number of esters is 1. The molecule has 3 heteroatoms. The van der Waals surface area contributed by atoms with Gasteiger partial charge in [0.15, 0.2) is 0 Å². The Labute approximate surface area is 90.2 Å². The van der Waals surface area contributed by atoms with Gasteiger partial charge in [-0.25, -0.2) is 4.79 Å². The Morgan fingerprint density at radius 1 is 1.53 bits per heavy atom. The van der Waals surface area contributed by atoms with Crippen LogP contribution in [0.15, 0.2) is 18.2 Å². The topological polar surface area (TPSA) is 52.3 Å². The van der Waals surface area contributed by atoms with Gasteiger partial charge in [0.25, 0.3) is 0 Å². The van der Waals surface area contributed by atoms with Gasteiger partial charge in [0.2, 0.25) is 0 Å². The van der Waals surface area contributed by atoms with Crippen LogP contribution >= 0.6 is 0 Å². The zero-order chi connectivity index (χ0) is 11.4. The summed E-state index contributed by atoms with van der Waals surface area (Å²) < 4.78 is 4.94. The lowest BCUT2D eigenvalue weighted by atomic mass is 10.0. The third-order valence-corrected chi connectivity index (χ3v) is 2.27. The minimum Gasteiger partial charge on any atom is -0.462 e. The maximum Gasteiger partial charge on any atom is 0.338 e. The van der Waals surface area contributed by atoms with Gasteiger partial charge in [-0.1, -0.05) is 12.1 Å². The van der Waals surface area contributed by atoms with E-state index < -0.39 is 0 Å². The summed E-state index contributed by atoms with van der Waals surface area (Å²) in [5.41, 5.74) is 8.30. The van der Waals surface area contributed by atoms with Gasteiger partial charge < -0.3 is 10.5 Å². The summed E-state index contributed by atoms with van der Waals surface area (Å²) >= 11 is 0. The number of nitrogens with two attached hydrogens (primary N) is 1. The zero-order valence-corrected chi connectivity index (χ0v) is 9.41. The predicted molar refractivity (Wildman–Crippen MR) is 59.7 cm³/mol. The van der Waals surface area contributed by atoms with E-state index in [1.54, 1.807) is 13.0 Å². The lowest BCUT2D eigenvalue weighted by Crippen LogP contribution is -2.09. The molecule has 3 nitrogen and oxygen atoms in total. The summed E-state index contributed by atoms with van der Waals surface area (Å²) in [6.45, 7) is 5.99. The highest BCUT2D eigenvalue weighted by atomic mass is 16.5. The predicted octanol–water partition coefficient (Wildman–Crippen LogP) is 2.19. The molecule has 1 aromatic rings. The summed E-state index contributed by atoms with van der Waals surface area (Å²) in [6, 6.07) is 5.55. The van der Waals surface area contributed by atoms with Gasteiger partial charge in [-0.2, -0.15) is 0 Å². The molecule has 0 saturated carbocycles. The Balaban J connectivity index is 2.98. The molecule has 0 unspecified atom stereocenters. The molecule has 0 aromatic heterocycles. The fraction of sp³-hybridized carbons (Fsp3) is 0.417. The SMILES string of the molecule is CCOC(=O)c1ccc([C@@H](C)N)cc1C. The molecule has 0 amide bonds. The number of hydrogen-bond donors (Lipinski definition) is 1. The molecule has 0 fully saturated rings. The van der Waals surface area contributed by atoms with Crippen molar-refractivity contribution in [2.24, 2.45) is 5.73 Å². The highest BCUT2D eigenvalue weighted by Gasteiger charge is 2.10. The number of carbonyl (C=O) groups excluding carboxylic acids is 1. The molecule has 0 radical (unpaired) electrons. The monoisotopic (exact) mass is 207 g/mol. The van der Waals surface area contributed by atoms with E-state index in [0.717, 1.165) is 11.1 Å². The second kappa shape index (κ2) is 4.94. The largest absolute Gasteiger partial charge is 0.462 e. The maximum atomic E-state index is 11.5. The second-order valence-corrected chi connectivity index (χ2v) is 3.58. The molecule has 1 rings (SSSR count). The fourth-order valence-electron chi connectivity index (χ4n) is 1.41. The summed E-state index contributed by atoms with van der Waals surface area (Å²) in [4.78, 5) is 11.5. The van der Waals surface area contributed by atoms with Crippen LogP contribution in [0.5, 0.6) is 0 Å². The van der Waals surface area contributed by atoms with Gasteiger partial charge in [0.1, 0.15) is 0 Å². The quantitative estimate of drug-likeness (QED) is 0.773. The maximum absolute atomic E-state index is 11.5. The van der Waals surface area contributed by atoms with Crippen LogP contribution in [-0.4, -0.2) is 12.6 Å². The van der Waals surface area contributed by atoms with Crippen LogP contribution in [0.4, 0.5) is 0 Å². The minimum atomic E-state index is -0.272. The second-order valence-electron chi connectivity index (χ2n) is 3.58. The van der Waals surface area contributed by atoms with Gasteiger partial charge in [-0.3, -0.25) is 0 Å². The van der Waals surface area contributed by atoms with E-state index in [4.69, 9.17) is 10.5 Å². The first-order chi connectivity index (χ1) is 7.06. The molecule has 0 spiro atoms. The van der Waals surface area contributed by atoms with Gasteiger partial charge >= 0.3 is 5.97 Å². The van der Waals surface area contributed by atoms with Crippen molar-refractivity contribution in [3.05, 3.63) is 34.9 Å². The number of hydrogen-bond acceptors (Lipinski definition) is 3. The van der Waals surface area contributed by atoms with Crippen molar-refractivity contribution in [3.8, 4) is 0 Å². The summed E-state index contributed by atoms with van der Waals surface area (Å²) in [5, 5.41) is 0. The Morgan fingerprint density at radius 2 is 2.20 bits per heavy atom. The van der Waals surface area contributed by atoms with E-state index in [2.05, 4.69) is 0 Å². The van der Waals surface area contributed by atoms with Crippen molar-refractivity contribution in [2.75, 3.05) is 6.61 Å². The summed E-state index contributed by atoms with van der Waals surface area (Å²) in [5.74, 6) is -0.272. The molecule has 1 atom stereocenters. The van der Waals surface area contributed by atoms with Gasteiger partial charge in [0.05, 0.1) is 12.2 Å². The van der Waals surface area contributed by atoms with Crippen molar-refractivity contribution in [3.63, 3.8) is 0 Å². The van der Waals surface area contributed by atoms with E-state index in [0.29, 0.717) is 12.2 Å². The molecule has 0 aliphatic carbocycles. The van der Waals surface area contributed by atoms with E-state index in [1.807, 2.05) is 26.0 Å². The number of carbonyl (C=O) groups is 1. The first-order valence-corrected chi connectivity index (χ1v) is 5.09. The third kappa shape index (κ3) is 2.80. The van der Waals surface area contributed by atoms with Crippen LogP contribution < -0.4 is 5.73 Å². The van der Waals surface area contributed by atoms with E-state index in [1.165, 1.54) is 0 Å². The first-order valence-electron chi connectivity index (χ1n) is 5.09. The van der Waals surface area contributed by atoms with Crippen molar-refractivity contribution in [1.82, 2.24) is 0 Å². The van der Waals surface area contributed by atoms with Crippen LogP contribution in [0.1, 0.15) is 41.4 Å². The third-order valence-electron chi connectivity index (χ3n) is 2.27. The van der Waals surface area contributed by atoms with Crippen molar-refractivity contribution in [1.29, 1.82) is 0 Å². The number of rotatable bonds is 3. The van der Waals surface area contributed by atoms with Crippen LogP contribution in [-0.2, 0) is 4.74 Å². The molecule has 0 aliphatic rings. The van der Waals surface area contributed by atoms with Gasteiger partial charge in [-0.15, -0.1) is 0 Å². The molecule has 0 bridgehead atoms. The average molecular weight is 207 g/mol. The molecular formula is C12H17NO2. The van der Waals surface area contributed by atoms with Crippen LogP contribution in [0.25, 0.3) is 0 Å². The van der Waals surface area contributed by atoms with Crippen LogP contribution in [0, 0.1) is 6.92 Å². The smallest absolute Gasteiger partial charge is 0.338 e. The van der Waals surface area contributed by atoms with Gasteiger partial charge in [0, 0.05) is 6.04 Å². The van der Waals surface area contributed by atoms with E-state index in [-0.39, 0.29) is 12.0 Å². The van der Waals surface area contributed by atoms with Crippen molar-refractivity contribution in [2.45, 2.75) is 26.8 Å². The highest BCUT2D eigenvalue weighted by molar-refractivity contribution is 5.91. The number of ether oxygens (including phenoxy) is 1. The molecule has 0 saturated heterocycles.